The van der Waals surface area contributed by atoms with E-state index in [4.69, 9.17) is 15.2 Å². The fraction of sp³-hybridized carbons (Fsp3) is 0.259. The maximum atomic E-state index is 15.4. The van der Waals surface area contributed by atoms with E-state index in [-0.39, 0.29) is 11.8 Å². The van der Waals surface area contributed by atoms with E-state index in [9.17, 15) is 0 Å². The molecular formula is C27H27FN6O2. The van der Waals surface area contributed by atoms with Gasteiger partial charge >= 0.3 is 0 Å². The highest BCUT2D eigenvalue weighted by atomic mass is 19.1. The van der Waals surface area contributed by atoms with Crippen LogP contribution < -0.4 is 15.8 Å². The van der Waals surface area contributed by atoms with Crippen LogP contribution in [0, 0.1) is 11.7 Å². The predicted molar refractivity (Wildman–Crippen MR) is 140 cm³/mol. The molecule has 0 amide bonds. The first-order chi connectivity index (χ1) is 17.6. The van der Waals surface area contributed by atoms with Gasteiger partial charge in [-0.3, -0.25) is 9.98 Å². The molecule has 9 heteroatoms. The largest absolute Gasteiger partial charge is 0.489 e. The van der Waals surface area contributed by atoms with E-state index < -0.39 is 5.82 Å². The lowest BCUT2D eigenvalue weighted by Gasteiger charge is -2.33. The van der Waals surface area contributed by atoms with Gasteiger partial charge in [0.15, 0.2) is 5.82 Å². The van der Waals surface area contributed by atoms with E-state index in [2.05, 4.69) is 32.2 Å². The Morgan fingerprint density at radius 1 is 1.25 bits per heavy atom. The summed E-state index contributed by atoms with van der Waals surface area (Å²) in [6, 6.07) is 10.6. The summed E-state index contributed by atoms with van der Waals surface area (Å²) in [4.78, 5) is 17.3. The van der Waals surface area contributed by atoms with Crippen LogP contribution in [0.3, 0.4) is 0 Å². The van der Waals surface area contributed by atoms with Gasteiger partial charge in [0.1, 0.15) is 24.0 Å². The molecule has 2 aromatic heterocycles. The highest BCUT2D eigenvalue weighted by molar-refractivity contribution is 6.11. The predicted octanol–water partition coefficient (Wildman–Crippen LogP) is 4.86. The number of allylic oxidation sites excluding steroid dienone is 1. The minimum absolute atomic E-state index is 0.0566. The van der Waals surface area contributed by atoms with Crippen LogP contribution in [0.1, 0.15) is 18.9 Å². The Kier molecular flexibility index (Phi) is 6.73. The smallest absolute Gasteiger partial charge is 0.156 e. The number of fused-ring (bicyclic) bond motifs is 2. The van der Waals surface area contributed by atoms with Gasteiger partial charge in [-0.1, -0.05) is 6.92 Å². The SMILES string of the molecule is CC[C@H](Oc1cc(C(C=NC)=CN)cc2ncnc(Nc3ccc4ncccc4c3F)c12)C1COC1. The number of halogens is 1. The zero-order valence-corrected chi connectivity index (χ0v) is 20.1. The zero-order valence-electron chi connectivity index (χ0n) is 20.1. The molecule has 1 saturated heterocycles. The molecule has 8 nitrogen and oxygen atoms in total. The fourth-order valence-corrected chi connectivity index (χ4v) is 4.35. The molecular weight excluding hydrogens is 459 g/mol. The van der Waals surface area contributed by atoms with Crippen molar-refractivity contribution >= 4 is 45.1 Å². The number of hydrogen-bond acceptors (Lipinski definition) is 8. The first-order valence-electron chi connectivity index (χ1n) is 11.8. The molecule has 1 aliphatic heterocycles. The number of benzene rings is 2. The van der Waals surface area contributed by atoms with Crippen LogP contribution in [0.4, 0.5) is 15.9 Å². The van der Waals surface area contributed by atoms with Gasteiger partial charge < -0.3 is 20.5 Å². The number of nitrogens with two attached hydrogens (primary N) is 1. The molecule has 0 saturated carbocycles. The first kappa shape index (κ1) is 23.6. The molecule has 1 atom stereocenters. The summed E-state index contributed by atoms with van der Waals surface area (Å²) in [5.74, 6) is 0.904. The second-order valence-corrected chi connectivity index (χ2v) is 8.58. The van der Waals surface area contributed by atoms with Crippen LogP contribution in [0.2, 0.25) is 0 Å². The molecule has 0 radical (unpaired) electrons. The Morgan fingerprint density at radius 2 is 2.11 bits per heavy atom. The van der Waals surface area contributed by atoms with Crippen LogP contribution in [-0.4, -0.2) is 47.5 Å². The summed E-state index contributed by atoms with van der Waals surface area (Å²) in [6.45, 7) is 3.40. The van der Waals surface area contributed by atoms with Crippen molar-refractivity contribution in [2.75, 3.05) is 25.6 Å². The standard InChI is InChI=1S/C27H27FN6O2/c1-3-23(18-13-35-14-18)36-24-10-16(17(11-29)12-30-2)9-22-25(24)27(33-15-32-22)34-21-7-6-20-19(26(21)28)5-4-8-31-20/h4-12,15,18,23H,3,13-14,29H2,1-2H3,(H,32,33,34)/t23-/m0/s1. The van der Waals surface area contributed by atoms with Crippen molar-refractivity contribution in [2.45, 2.75) is 19.4 Å². The van der Waals surface area contributed by atoms with Crippen molar-refractivity contribution in [2.24, 2.45) is 16.6 Å². The highest BCUT2D eigenvalue weighted by Gasteiger charge is 2.30. The average Bonchev–Trinajstić information content (AvgIpc) is 2.87. The Labute approximate surface area is 208 Å². The van der Waals surface area contributed by atoms with E-state index in [1.165, 1.54) is 12.5 Å². The van der Waals surface area contributed by atoms with Crippen molar-refractivity contribution in [3.63, 3.8) is 0 Å². The molecule has 184 valence electrons. The molecule has 5 rings (SSSR count). The maximum absolute atomic E-state index is 15.4. The number of aromatic nitrogens is 3. The number of aliphatic imine (C=N–C) groups is 1. The Balaban J connectivity index is 1.64. The third-order valence-electron chi connectivity index (χ3n) is 6.33. The average molecular weight is 487 g/mol. The molecule has 36 heavy (non-hydrogen) atoms. The monoisotopic (exact) mass is 486 g/mol. The van der Waals surface area contributed by atoms with Crippen molar-refractivity contribution in [3.8, 4) is 5.75 Å². The van der Waals surface area contributed by atoms with Crippen LogP contribution >= 0.6 is 0 Å². The topological polar surface area (TPSA) is 108 Å². The number of nitrogens with one attached hydrogen (secondary N) is 1. The minimum Gasteiger partial charge on any atom is -0.489 e. The molecule has 1 fully saturated rings. The summed E-state index contributed by atoms with van der Waals surface area (Å²) < 4.78 is 27.3. The van der Waals surface area contributed by atoms with E-state index in [0.717, 1.165) is 17.6 Å². The molecule has 3 N–H and O–H groups in total. The second kappa shape index (κ2) is 10.2. The van der Waals surface area contributed by atoms with Crippen LogP contribution in [-0.2, 0) is 4.74 Å². The van der Waals surface area contributed by atoms with Crippen molar-refractivity contribution in [3.05, 3.63) is 66.5 Å². The summed E-state index contributed by atoms with van der Waals surface area (Å²) in [5, 5.41) is 4.23. The lowest BCUT2D eigenvalue weighted by Crippen LogP contribution is -2.40. The van der Waals surface area contributed by atoms with Crippen molar-refractivity contribution < 1.29 is 13.9 Å². The normalized spacial score (nSPS) is 15.4. The second-order valence-electron chi connectivity index (χ2n) is 8.58. The number of anilines is 2. The van der Waals surface area contributed by atoms with Crippen LogP contribution in [0.5, 0.6) is 5.75 Å². The maximum Gasteiger partial charge on any atom is 0.156 e. The molecule has 1 aliphatic rings. The molecule has 4 aromatic rings. The third-order valence-corrected chi connectivity index (χ3v) is 6.33. The van der Waals surface area contributed by atoms with E-state index >= 15 is 4.39 Å². The summed E-state index contributed by atoms with van der Waals surface area (Å²) in [5.41, 5.74) is 8.91. The number of ether oxygens (including phenoxy) is 2. The van der Waals surface area contributed by atoms with E-state index in [1.807, 2.05) is 12.1 Å². The minimum atomic E-state index is -0.406. The molecule has 3 heterocycles. The van der Waals surface area contributed by atoms with Gasteiger partial charge in [0.2, 0.25) is 0 Å². The molecule has 0 aliphatic carbocycles. The van der Waals surface area contributed by atoms with Crippen molar-refractivity contribution in [1.29, 1.82) is 0 Å². The number of nitrogens with zero attached hydrogens (tertiary/aromatic N) is 4. The third kappa shape index (κ3) is 4.45. The fourth-order valence-electron chi connectivity index (χ4n) is 4.35. The van der Waals surface area contributed by atoms with Gasteiger partial charge in [-0.05, 0) is 48.4 Å². The van der Waals surface area contributed by atoms with Gasteiger partial charge in [-0.25, -0.2) is 14.4 Å². The van der Waals surface area contributed by atoms with E-state index in [1.54, 1.807) is 43.7 Å². The van der Waals surface area contributed by atoms with Crippen LogP contribution in [0.25, 0.3) is 27.4 Å². The molecule has 0 unspecified atom stereocenters. The summed E-state index contributed by atoms with van der Waals surface area (Å²) in [6.07, 6.45) is 7.00. The summed E-state index contributed by atoms with van der Waals surface area (Å²) in [7, 11) is 1.68. The quantitative estimate of drug-likeness (QED) is 0.342. The molecule has 0 bridgehead atoms. The summed E-state index contributed by atoms with van der Waals surface area (Å²) >= 11 is 0. The Bertz CT molecular complexity index is 1470. The lowest BCUT2D eigenvalue weighted by molar-refractivity contribution is -0.0832. The number of rotatable bonds is 8. The molecule has 2 aromatic carbocycles. The highest BCUT2D eigenvalue weighted by Crippen LogP contribution is 2.37. The number of pyridine rings is 1. The lowest BCUT2D eigenvalue weighted by atomic mass is 9.98. The van der Waals surface area contributed by atoms with E-state index in [0.29, 0.717) is 52.5 Å². The molecule has 0 spiro atoms. The number of hydrogen-bond donors (Lipinski definition) is 2. The first-order valence-corrected chi connectivity index (χ1v) is 11.8. The van der Waals surface area contributed by atoms with Crippen molar-refractivity contribution in [1.82, 2.24) is 15.0 Å². The van der Waals surface area contributed by atoms with Gasteiger partial charge in [-0.2, -0.15) is 0 Å². The Morgan fingerprint density at radius 3 is 2.83 bits per heavy atom. The van der Waals surface area contributed by atoms with Gasteiger partial charge in [0.05, 0.1) is 35.3 Å². The Hall–Kier alpha value is -4.11. The van der Waals surface area contributed by atoms with Crippen LogP contribution in [0.15, 0.2) is 60.1 Å². The zero-order chi connectivity index (χ0) is 25.1. The van der Waals surface area contributed by atoms with Gasteiger partial charge in [0.25, 0.3) is 0 Å². The van der Waals surface area contributed by atoms with Gasteiger partial charge in [-0.15, -0.1) is 0 Å². The van der Waals surface area contributed by atoms with Gasteiger partial charge in [0, 0.05) is 42.5 Å².